The lowest BCUT2D eigenvalue weighted by Gasteiger charge is -2.39. The molecule has 0 aliphatic heterocycles. The van der Waals surface area contributed by atoms with Crippen LogP contribution in [0.4, 0.5) is 0 Å². The summed E-state index contributed by atoms with van der Waals surface area (Å²) >= 11 is 15.5. The molecule has 20 heavy (non-hydrogen) atoms. The van der Waals surface area contributed by atoms with E-state index >= 15 is 0 Å². The van der Waals surface area contributed by atoms with Gasteiger partial charge in [0.25, 0.3) is 5.91 Å². The molecule has 1 fully saturated rings. The quantitative estimate of drug-likeness (QED) is 0.731. The highest BCUT2D eigenvalue weighted by molar-refractivity contribution is 9.09. The highest BCUT2D eigenvalue weighted by atomic mass is 79.9. The molecule has 0 saturated heterocycles. The molecular formula is C15H18BrCl2NO. The summed E-state index contributed by atoms with van der Waals surface area (Å²) in [6.45, 7) is 2.24. The number of hydrogen-bond acceptors (Lipinski definition) is 1. The third-order valence-electron chi connectivity index (χ3n) is 3.85. The number of hydrogen-bond donors (Lipinski definition) is 1. The van der Waals surface area contributed by atoms with Crippen molar-refractivity contribution < 1.29 is 4.79 Å². The fourth-order valence-corrected chi connectivity index (χ4v) is 4.10. The molecule has 0 aromatic heterocycles. The maximum atomic E-state index is 12.4. The van der Waals surface area contributed by atoms with Gasteiger partial charge in [-0.05, 0) is 37.0 Å². The topological polar surface area (TPSA) is 29.1 Å². The van der Waals surface area contributed by atoms with Gasteiger partial charge in [-0.1, -0.05) is 58.9 Å². The van der Waals surface area contributed by atoms with Gasteiger partial charge in [-0.2, -0.15) is 0 Å². The third-order valence-corrected chi connectivity index (χ3v) is 5.36. The predicted molar refractivity (Wildman–Crippen MR) is 88.1 cm³/mol. The Morgan fingerprint density at radius 1 is 1.40 bits per heavy atom. The van der Waals surface area contributed by atoms with Crippen LogP contribution in [-0.4, -0.2) is 16.8 Å². The van der Waals surface area contributed by atoms with Gasteiger partial charge in [0.1, 0.15) is 0 Å². The van der Waals surface area contributed by atoms with Gasteiger partial charge in [0.05, 0.1) is 5.54 Å². The first-order valence-electron chi connectivity index (χ1n) is 6.79. The third kappa shape index (κ3) is 3.90. The van der Waals surface area contributed by atoms with Crippen LogP contribution in [0.2, 0.25) is 10.0 Å². The van der Waals surface area contributed by atoms with Gasteiger partial charge >= 0.3 is 0 Å². The number of alkyl halides is 1. The molecule has 2 unspecified atom stereocenters. The molecule has 1 aromatic rings. The Kier molecular flexibility index (Phi) is 5.38. The highest BCUT2D eigenvalue weighted by Crippen LogP contribution is 2.34. The second-order valence-corrected chi connectivity index (χ2v) is 7.16. The van der Waals surface area contributed by atoms with Crippen LogP contribution in [0.1, 0.15) is 43.0 Å². The van der Waals surface area contributed by atoms with Gasteiger partial charge < -0.3 is 5.32 Å². The van der Waals surface area contributed by atoms with Crippen molar-refractivity contribution in [1.29, 1.82) is 0 Å². The summed E-state index contributed by atoms with van der Waals surface area (Å²) in [4.78, 5) is 12.4. The average Bonchev–Trinajstić information content (AvgIpc) is 2.37. The first-order chi connectivity index (χ1) is 9.44. The lowest BCUT2D eigenvalue weighted by molar-refractivity contribution is 0.0869. The fourth-order valence-electron chi connectivity index (χ4n) is 2.93. The van der Waals surface area contributed by atoms with Crippen molar-refractivity contribution in [1.82, 2.24) is 5.32 Å². The van der Waals surface area contributed by atoms with Gasteiger partial charge in [-0.25, -0.2) is 0 Å². The van der Waals surface area contributed by atoms with Crippen LogP contribution in [-0.2, 0) is 0 Å². The van der Waals surface area contributed by atoms with E-state index in [1.165, 1.54) is 6.42 Å². The van der Waals surface area contributed by atoms with Crippen molar-refractivity contribution >= 4 is 45.0 Å². The van der Waals surface area contributed by atoms with Crippen molar-refractivity contribution in [2.45, 2.75) is 38.1 Å². The molecular weight excluding hydrogens is 361 g/mol. The number of rotatable bonds is 3. The van der Waals surface area contributed by atoms with Crippen molar-refractivity contribution in [3.63, 3.8) is 0 Å². The largest absolute Gasteiger partial charge is 0.346 e. The summed E-state index contributed by atoms with van der Waals surface area (Å²) in [5, 5.41) is 4.91. The molecule has 110 valence electrons. The smallest absolute Gasteiger partial charge is 0.251 e. The van der Waals surface area contributed by atoms with Crippen LogP contribution in [0.25, 0.3) is 0 Å². The van der Waals surface area contributed by atoms with E-state index in [1.54, 1.807) is 18.2 Å². The number of halogens is 3. The lowest BCUT2D eigenvalue weighted by atomic mass is 9.77. The van der Waals surface area contributed by atoms with Crippen LogP contribution >= 0.6 is 39.1 Å². The fraction of sp³-hybridized carbons (Fsp3) is 0.533. The summed E-state index contributed by atoms with van der Waals surface area (Å²) in [6.07, 6.45) is 4.37. The summed E-state index contributed by atoms with van der Waals surface area (Å²) < 4.78 is 0. The van der Waals surface area contributed by atoms with Crippen LogP contribution < -0.4 is 5.32 Å². The summed E-state index contributed by atoms with van der Waals surface area (Å²) in [5.41, 5.74) is 0.352. The van der Waals surface area contributed by atoms with Crippen LogP contribution in [0, 0.1) is 5.92 Å². The summed E-state index contributed by atoms with van der Waals surface area (Å²) in [6, 6.07) is 4.93. The zero-order valence-electron chi connectivity index (χ0n) is 11.4. The van der Waals surface area contributed by atoms with E-state index in [0.717, 1.165) is 24.6 Å². The monoisotopic (exact) mass is 377 g/mol. The molecule has 5 heteroatoms. The van der Waals surface area contributed by atoms with E-state index in [-0.39, 0.29) is 11.4 Å². The van der Waals surface area contributed by atoms with E-state index in [1.807, 2.05) is 0 Å². The molecule has 0 bridgehead atoms. The molecule has 0 radical (unpaired) electrons. The standard InChI is InChI=1S/C15H18BrCl2NO/c1-10-3-2-4-15(8-10,9-16)19-14(20)11-5-12(17)7-13(18)6-11/h5-7,10H,2-4,8-9H2,1H3,(H,19,20). The molecule has 2 rings (SSSR count). The van der Waals surface area contributed by atoms with Gasteiger partial charge in [0.15, 0.2) is 0 Å². The predicted octanol–water partition coefficient (Wildman–Crippen LogP) is 5.07. The number of amides is 1. The van der Waals surface area contributed by atoms with E-state index in [0.29, 0.717) is 21.5 Å². The molecule has 1 aromatic carbocycles. The second kappa shape index (κ2) is 6.67. The Labute approximate surface area is 138 Å². The van der Waals surface area contributed by atoms with Gasteiger partial charge in [0, 0.05) is 20.9 Å². The summed E-state index contributed by atoms with van der Waals surface area (Å²) in [7, 11) is 0. The van der Waals surface area contributed by atoms with Crippen molar-refractivity contribution in [3.05, 3.63) is 33.8 Å². The summed E-state index contributed by atoms with van der Waals surface area (Å²) in [5.74, 6) is 0.521. The zero-order chi connectivity index (χ0) is 14.8. The molecule has 2 nitrogen and oxygen atoms in total. The number of benzene rings is 1. The first-order valence-corrected chi connectivity index (χ1v) is 8.66. The van der Waals surface area contributed by atoms with Crippen LogP contribution in [0.5, 0.6) is 0 Å². The number of carbonyl (C=O) groups is 1. The Hall–Kier alpha value is -0.250. The maximum absolute atomic E-state index is 12.4. The minimum atomic E-state index is -0.163. The van der Waals surface area contributed by atoms with E-state index in [9.17, 15) is 4.79 Å². The Balaban J connectivity index is 2.16. The Bertz CT molecular complexity index is 488. The minimum Gasteiger partial charge on any atom is -0.346 e. The van der Waals surface area contributed by atoms with Crippen molar-refractivity contribution in [2.75, 3.05) is 5.33 Å². The normalized spacial score (nSPS) is 26.3. The first kappa shape index (κ1) is 16.1. The molecule has 1 N–H and O–H groups in total. The number of carbonyl (C=O) groups excluding carboxylic acids is 1. The zero-order valence-corrected chi connectivity index (χ0v) is 14.5. The van der Waals surface area contributed by atoms with Crippen LogP contribution in [0.15, 0.2) is 18.2 Å². The molecule has 1 amide bonds. The molecule has 1 saturated carbocycles. The van der Waals surface area contributed by atoms with Crippen molar-refractivity contribution in [3.8, 4) is 0 Å². The van der Waals surface area contributed by atoms with Gasteiger partial charge in [-0.15, -0.1) is 0 Å². The minimum absolute atomic E-state index is 0.108. The van der Waals surface area contributed by atoms with E-state index in [4.69, 9.17) is 23.2 Å². The Morgan fingerprint density at radius 2 is 2.05 bits per heavy atom. The average molecular weight is 379 g/mol. The molecule has 1 aliphatic carbocycles. The van der Waals surface area contributed by atoms with Gasteiger partial charge in [0.2, 0.25) is 0 Å². The second-order valence-electron chi connectivity index (χ2n) is 5.73. The SMILES string of the molecule is CC1CCCC(CBr)(NC(=O)c2cc(Cl)cc(Cl)c2)C1. The molecule has 2 atom stereocenters. The number of nitrogens with one attached hydrogen (secondary N) is 1. The highest BCUT2D eigenvalue weighted by Gasteiger charge is 2.35. The van der Waals surface area contributed by atoms with Crippen LogP contribution in [0.3, 0.4) is 0 Å². The van der Waals surface area contributed by atoms with Crippen molar-refractivity contribution in [2.24, 2.45) is 5.92 Å². The van der Waals surface area contributed by atoms with E-state index in [2.05, 4.69) is 28.2 Å². The van der Waals surface area contributed by atoms with E-state index < -0.39 is 0 Å². The molecule has 0 spiro atoms. The Morgan fingerprint density at radius 3 is 2.60 bits per heavy atom. The maximum Gasteiger partial charge on any atom is 0.251 e. The molecule has 0 heterocycles. The van der Waals surface area contributed by atoms with Gasteiger partial charge in [-0.3, -0.25) is 4.79 Å². The lowest BCUT2D eigenvalue weighted by Crippen LogP contribution is -2.52. The molecule has 1 aliphatic rings.